The Bertz CT molecular complexity index is 228. The summed E-state index contributed by atoms with van der Waals surface area (Å²) in [4.78, 5) is 12.0. The van der Waals surface area contributed by atoms with Crippen LogP contribution in [0.1, 0.15) is 20.8 Å². The van der Waals surface area contributed by atoms with Crippen LogP contribution in [0.15, 0.2) is 0 Å². The Morgan fingerprint density at radius 1 is 1.47 bits per heavy atom. The summed E-state index contributed by atoms with van der Waals surface area (Å²) in [5.74, 6) is 0.442. The van der Waals surface area contributed by atoms with Crippen LogP contribution < -0.4 is 16.0 Å². The van der Waals surface area contributed by atoms with E-state index in [1.54, 1.807) is 0 Å². The first-order chi connectivity index (χ1) is 8.15. The number of carbonyl (C=O) groups excluding carboxylic acids is 1. The van der Waals surface area contributed by atoms with E-state index in [-0.39, 0.29) is 18.0 Å². The van der Waals surface area contributed by atoms with E-state index in [0.717, 1.165) is 13.1 Å². The molecule has 17 heavy (non-hydrogen) atoms. The molecule has 0 spiro atoms. The predicted molar refractivity (Wildman–Crippen MR) is 67.9 cm³/mol. The Morgan fingerprint density at radius 3 is 2.76 bits per heavy atom. The van der Waals surface area contributed by atoms with Gasteiger partial charge in [0.05, 0.1) is 18.7 Å². The summed E-state index contributed by atoms with van der Waals surface area (Å²) in [7, 11) is 0. The van der Waals surface area contributed by atoms with E-state index < -0.39 is 0 Å². The number of piperazine rings is 1. The molecule has 1 amide bonds. The van der Waals surface area contributed by atoms with Crippen molar-refractivity contribution in [3.63, 3.8) is 0 Å². The molecule has 1 heterocycles. The maximum Gasteiger partial charge on any atom is 0.238 e. The van der Waals surface area contributed by atoms with Gasteiger partial charge in [0.1, 0.15) is 0 Å². The minimum absolute atomic E-state index is 0.0654. The van der Waals surface area contributed by atoms with Crippen LogP contribution >= 0.6 is 0 Å². The van der Waals surface area contributed by atoms with Gasteiger partial charge < -0.3 is 20.7 Å². The van der Waals surface area contributed by atoms with Gasteiger partial charge >= 0.3 is 0 Å². The predicted octanol–water partition coefficient (Wildman–Crippen LogP) is -0.275. The van der Waals surface area contributed by atoms with Crippen molar-refractivity contribution in [2.45, 2.75) is 32.9 Å². The normalized spacial score (nSPS) is 22.5. The van der Waals surface area contributed by atoms with E-state index in [1.165, 1.54) is 0 Å². The van der Waals surface area contributed by atoms with Gasteiger partial charge in [-0.25, -0.2) is 0 Å². The Morgan fingerprint density at radius 2 is 2.24 bits per heavy atom. The summed E-state index contributed by atoms with van der Waals surface area (Å²) < 4.78 is 5.39. The van der Waals surface area contributed by atoms with Crippen molar-refractivity contribution in [3.05, 3.63) is 0 Å². The first-order valence-electron chi connectivity index (χ1n) is 6.47. The topological polar surface area (TPSA) is 62.4 Å². The number of rotatable bonds is 6. The first kappa shape index (κ1) is 14.4. The zero-order valence-electron chi connectivity index (χ0n) is 11.1. The van der Waals surface area contributed by atoms with Gasteiger partial charge in [-0.3, -0.25) is 4.79 Å². The molecule has 2 unspecified atom stereocenters. The van der Waals surface area contributed by atoms with E-state index in [0.29, 0.717) is 25.7 Å². The van der Waals surface area contributed by atoms with E-state index >= 15 is 0 Å². The maximum absolute atomic E-state index is 12.0. The average molecular weight is 243 g/mol. The molecule has 0 bridgehead atoms. The summed E-state index contributed by atoms with van der Waals surface area (Å²) in [6.07, 6.45) is 0. The van der Waals surface area contributed by atoms with Crippen molar-refractivity contribution in [1.82, 2.24) is 16.0 Å². The number of carbonyl (C=O) groups is 1. The fraction of sp³-hybridized carbons (Fsp3) is 0.917. The molecule has 0 radical (unpaired) electrons. The lowest BCUT2D eigenvalue weighted by Gasteiger charge is -2.28. The third-order valence-electron chi connectivity index (χ3n) is 2.99. The fourth-order valence-corrected chi connectivity index (χ4v) is 1.77. The van der Waals surface area contributed by atoms with Crippen LogP contribution in [0, 0.1) is 5.92 Å². The quantitative estimate of drug-likeness (QED) is 0.601. The van der Waals surface area contributed by atoms with Gasteiger partial charge in [0, 0.05) is 26.2 Å². The Kier molecular flexibility index (Phi) is 6.47. The van der Waals surface area contributed by atoms with Crippen molar-refractivity contribution >= 4 is 5.91 Å². The van der Waals surface area contributed by atoms with Crippen LogP contribution in [-0.2, 0) is 9.53 Å². The molecule has 1 saturated heterocycles. The number of nitrogens with one attached hydrogen (secondary N) is 3. The molecule has 1 rings (SSSR count). The molecular weight excluding hydrogens is 218 g/mol. The van der Waals surface area contributed by atoms with Crippen molar-refractivity contribution < 1.29 is 9.53 Å². The van der Waals surface area contributed by atoms with E-state index in [1.807, 2.05) is 6.92 Å². The van der Waals surface area contributed by atoms with Gasteiger partial charge in [0.25, 0.3) is 0 Å². The van der Waals surface area contributed by atoms with Crippen molar-refractivity contribution in [3.8, 4) is 0 Å². The highest BCUT2D eigenvalue weighted by Gasteiger charge is 2.24. The molecule has 0 aromatic carbocycles. The summed E-state index contributed by atoms with van der Waals surface area (Å²) in [5, 5.41) is 9.47. The molecule has 5 nitrogen and oxygen atoms in total. The van der Waals surface area contributed by atoms with E-state index in [2.05, 4.69) is 29.8 Å². The molecule has 0 aromatic heterocycles. The molecule has 0 aliphatic carbocycles. The third-order valence-corrected chi connectivity index (χ3v) is 2.99. The largest absolute Gasteiger partial charge is 0.380 e. The van der Waals surface area contributed by atoms with E-state index in [4.69, 9.17) is 4.74 Å². The lowest BCUT2D eigenvalue weighted by Crippen LogP contribution is -2.58. The first-order valence-corrected chi connectivity index (χ1v) is 6.47. The van der Waals surface area contributed by atoms with Crippen molar-refractivity contribution in [1.29, 1.82) is 0 Å². The van der Waals surface area contributed by atoms with Gasteiger partial charge in [-0.1, -0.05) is 13.8 Å². The number of hydrogen-bond donors (Lipinski definition) is 3. The van der Waals surface area contributed by atoms with Crippen LogP contribution in [0.4, 0.5) is 0 Å². The third kappa shape index (κ3) is 5.02. The minimum Gasteiger partial charge on any atom is -0.380 e. The SMILES string of the molecule is CCOCC(NC(=O)C1CNCCN1)C(C)C. The Labute approximate surface area is 104 Å². The number of hydrogen-bond acceptors (Lipinski definition) is 4. The molecular formula is C12H25N3O2. The highest BCUT2D eigenvalue weighted by Crippen LogP contribution is 2.03. The molecule has 100 valence electrons. The summed E-state index contributed by atoms with van der Waals surface area (Å²) in [5.41, 5.74) is 0. The lowest BCUT2D eigenvalue weighted by molar-refractivity contribution is -0.124. The monoisotopic (exact) mass is 243 g/mol. The smallest absolute Gasteiger partial charge is 0.238 e. The number of ether oxygens (including phenoxy) is 1. The highest BCUT2D eigenvalue weighted by molar-refractivity contribution is 5.82. The Hall–Kier alpha value is -0.650. The molecule has 2 atom stereocenters. The maximum atomic E-state index is 12.0. The van der Waals surface area contributed by atoms with Gasteiger partial charge in [-0.05, 0) is 12.8 Å². The molecule has 1 aliphatic rings. The molecule has 1 fully saturated rings. The van der Waals surface area contributed by atoms with Gasteiger partial charge in [-0.2, -0.15) is 0 Å². The Balaban J connectivity index is 2.39. The van der Waals surface area contributed by atoms with E-state index in [9.17, 15) is 4.79 Å². The molecule has 3 N–H and O–H groups in total. The summed E-state index contributed by atoms with van der Waals surface area (Å²) in [6.45, 7) is 9.89. The zero-order chi connectivity index (χ0) is 12.7. The second kappa shape index (κ2) is 7.63. The molecule has 0 saturated carbocycles. The summed E-state index contributed by atoms with van der Waals surface area (Å²) >= 11 is 0. The van der Waals surface area contributed by atoms with Gasteiger partial charge in [0.15, 0.2) is 0 Å². The van der Waals surface area contributed by atoms with Crippen LogP contribution in [0.5, 0.6) is 0 Å². The second-order valence-corrected chi connectivity index (χ2v) is 4.73. The van der Waals surface area contributed by atoms with Gasteiger partial charge in [-0.15, -0.1) is 0 Å². The molecule has 5 heteroatoms. The summed E-state index contributed by atoms with van der Waals surface area (Å²) in [6, 6.07) is -0.0298. The molecule has 0 aromatic rings. The minimum atomic E-state index is -0.119. The zero-order valence-corrected chi connectivity index (χ0v) is 11.1. The van der Waals surface area contributed by atoms with Crippen molar-refractivity contribution in [2.75, 3.05) is 32.8 Å². The van der Waals surface area contributed by atoms with Gasteiger partial charge in [0.2, 0.25) is 5.91 Å². The van der Waals surface area contributed by atoms with Crippen LogP contribution in [0.2, 0.25) is 0 Å². The standard InChI is InChI=1S/C12H25N3O2/c1-4-17-8-11(9(2)3)15-12(16)10-7-13-5-6-14-10/h9-11,13-14H,4-8H2,1-3H3,(H,15,16). The molecule has 1 aliphatic heterocycles. The van der Waals surface area contributed by atoms with Crippen LogP contribution in [-0.4, -0.2) is 50.8 Å². The number of amides is 1. The lowest BCUT2D eigenvalue weighted by atomic mass is 10.0. The van der Waals surface area contributed by atoms with Crippen LogP contribution in [0.25, 0.3) is 0 Å². The van der Waals surface area contributed by atoms with Crippen molar-refractivity contribution in [2.24, 2.45) is 5.92 Å². The average Bonchev–Trinajstić information content (AvgIpc) is 2.35. The highest BCUT2D eigenvalue weighted by atomic mass is 16.5. The second-order valence-electron chi connectivity index (χ2n) is 4.73. The van der Waals surface area contributed by atoms with Crippen LogP contribution in [0.3, 0.4) is 0 Å². The fourth-order valence-electron chi connectivity index (χ4n) is 1.77.